The Balaban J connectivity index is 1.69. The predicted molar refractivity (Wildman–Crippen MR) is 104 cm³/mol. The van der Waals surface area contributed by atoms with Gasteiger partial charge in [-0.15, -0.1) is 0 Å². The minimum Gasteiger partial charge on any atom is -0.490 e. The average Bonchev–Trinajstić information content (AvgIpc) is 2.70. The van der Waals surface area contributed by atoms with Gasteiger partial charge in [0.05, 0.1) is 0 Å². The van der Waals surface area contributed by atoms with E-state index in [0.717, 1.165) is 31.1 Å². The third-order valence-electron chi connectivity index (χ3n) is 4.09. The molecule has 0 aliphatic rings. The number of ether oxygens (including phenoxy) is 2. The summed E-state index contributed by atoms with van der Waals surface area (Å²) in [5.74, 6) is 1.49. The van der Waals surface area contributed by atoms with E-state index in [0.29, 0.717) is 25.3 Å². The zero-order valence-electron chi connectivity index (χ0n) is 15.6. The zero-order chi connectivity index (χ0) is 18.6. The highest BCUT2D eigenvalue weighted by atomic mass is 16.5. The fourth-order valence-corrected chi connectivity index (χ4v) is 2.51. The van der Waals surface area contributed by atoms with Gasteiger partial charge in [-0.1, -0.05) is 32.0 Å². The van der Waals surface area contributed by atoms with Crippen LogP contribution in [0, 0.1) is 0 Å². The molecule has 0 saturated heterocycles. The second kappa shape index (κ2) is 11.2. The Morgan fingerprint density at radius 3 is 2.04 bits per heavy atom. The van der Waals surface area contributed by atoms with E-state index in [4.69, 9.17) is 9.47 Å². The van der Waals surface area contributed by atoms with Crippen molar-refractivity contribution < 1.29 is 14.3 Å². The lowest BCUT2D eigenvalue weighted by atomic mass is 10.2. The minimum atomic E-state index is -0.0592. The first kappa shape index (κ1) is 19.8. The van der Waals surface area contributed by atoms with Crippen molar-refractivity contribution in [1.29, 1.82) is 0 Å². The molecule has 0 fully saturated rings. The van der Waals surface area contributed by atoms with E-state index in [1.807, 2.05) is 42.5 Å². The maximum absolute atomic E-state index is 12.1. The molecule has 2 rings (SSSR count). The lowest BCUT2D eigenvalue weighted by molar-refractivity contribution is 0.0949. The number of nitrogens with zero attached hydrogens (tertiary/aromatic N) is 1. The molecule has 0 heterocycles. The molecule has 0 radical (unpaired) electrons. The van der Waals surface area contributed by atoms with Crippen molar-refractivity contribution in [2.24, 2.45) is 0 Å². The van der Waals surface area contributed by atoms with Crippen LogP contribution in [0.15, 0.2) is 54.6 Å². The standard InChI is InChI=1S/C21H28N2O3/c1-3-23(4-2)15-14-22-21(24)18-10-12-20(13-11-18)26-17-16-25-19-8-6-5-7-9-19/h5-13H,3-4,14-17H2,1-2H3,(H,22,24). The molecule has 0 aromatic heterocycles. The second-order valence-corrected chi connectivity index (χ2v) is 5.82. The van der Waals surface area contributed by atoms with Gasteiger partial charge in [-0.2, -0.15) is 0 Å². The summed E-state index contributed by atoms with van der Waals surface area (Å²) < 4.78 is 11.2. The number of para-hydroxylation sites is 1. The first-order chi connectivity index (χ1) is 12.7. The number of rotatable bonds is 11. The van der Waals surface area contributed by atoms with Gasteiger partial charge in [0.15, 0.2) is 0 Å². The maximum Gasteiger partial charge on any atom is 0.251 e. The number of nitrogens with one attached hydrogen (secondary N) is 1. The van der Waals surface area contributed by atoms with Crippen molar-refractivity contribution in [2.75, 3.05) is 39.4 Å². The van der Waals surface area contributed by atoms with Crippen molar-refractivity contribution in [2.45, 2.75) is 13.8 Å². The Bertz CT molecular complexity index is 640. The molecule has 2 aromatic carbocycles. The van der Waals surface area contributed by atoms with Crippen molar-refractivity contribution in [3.63, 3.8) is 0 Å². The summed E-state index contributed by atoms with van der Waals surface area (Å²) in [7, 11) is 0. The van der Waals surface area contributed by atoms with E-state index in [9.17, 15) is 4.79 Å². The zero-order valence-corrected chi connectivity index (χ0v) is 15.6. The number of carbonyl (C=O) groups excluding carboxylic acids is 1. The number of benzene rings is 2. The molecule has 26 heavy (non-hydrogen) atoms. The molecule has 0 unspecified atom stereocenters. The summed E-state index contributed by atoms with van der Waals surface area (Å²) in [5, 5.41) is 2.95. The summed E-state index contributed by atoms with van der Waals surface area (Å²) in [4.78, 5) is 14.4. The third-order valence-corrected chi connectivity index (χ3v) is 4.09. The largest absolute Gasteiger partial charge is 0.490 e. The highest BCUT2D eigenvalue weighted by Gasteiger charge is 2.06. The fourth-order valence-electron chi connectivity index (χ4n) is 2.51. The monoisotopic (exact) mass is 356 g/mol. The van der Waals surface area contributed by atoms with Crippen molar-refractivity contribution >= 4 is 5.91 Å². The summed E-state index contributed by atoms with van der Waals surface area (Å²) in [5.41, 5.74) is 0.637. The molecule has 0 spiro atoms. The van der Waals surface area contributed by atoms with Gasteiger partial charge in [0.25, 0.3) is 5.91 Å². The molecule has 0 saturated carbocycles. The van der Waals surface area contributed by atoms with Crippen LogP contribution in [0.4, 0.5) is 0 Å². The van der Waals surface area contributed by atoms with Crippen molar-refractivity contribution in [1.82, 2.24) is 10.2 Å². The van der Waals surface area contributed by atoms with Crippen LogP contribution in [0.25, 0.3) is 0 Å². The van der Waals surface area contributed by atoms with Gasteiger partial charge in [0, 0.05) is 18.7 Å². The Morgan fingerprint density at radius 1 is 0.885 bits per heavy atom. The minimum absolute atomic E-state index is 0.0592. The first-order valence-electron chi connectivity index (χ1n) is 9.14. The lowest BCUT2D eigenvalue weighted by Crippen LogP contribution is -2.34. The number of amides is 1. The Labute approximate surface area is 155 Å². The Kier molecular flexibility index (Phi) is 8.49. The van der Waals surface area contributed by atoms with Crippen LogP contribution in [-0.2, 0) is 0 Å². The molecule has 0 aliphatic carbocycles. The summed E-state index contributed by atoms with van der Waals surface area (Å²) >= 11 is 0. The number of likely N-dealkylation sites (N-methyl/N-ethyl adjacent to an activating group) is 1. The molecule has 0 aliphatic heterocycles. The van der Waals surface area contributed by atoms with E-state index in [1.165, 1.54) is 0 Å². The van der Waals surface area contributed by atoms with E-state index in [-0.39, 0.29) is 5.91 Å². The van der Waals surface area contributed by atoms with Gasteiger partial charge in [-0.05, 0) is 49.5 Å². The smallest absolute Gasteiger partial charge is 0.251 e. The van der Waals surface area contributed by atoms with Crippen LogP contribution in [0.2, 0.25) is 0 Å². The number of carbonyl (C=O) groups is 1. The normalized spacial score (nSPS) is 10.6. The van der Waals surface area contributed by atoms with E-state index in [2.05, 4.69) is 24.1 Å². The molecule has 5 heteroatoms. The lowest BCUT2D eigenvalue weighted by Gasteiger charge is -2.18. The average molecular weight is 356 g/mol. The predicted octanol–water partition coefficient (Wildman–Crippen LogP) is 3.22. The van der Waals surface area contributed by atoms with Crippen LogP contribution in [-0.4, -0.2) is 50.2 Å². The van der Waals surface area contributed by atoms with Gasteiger partial charge < -0.3 is 19.7 Å². The molecule has 0 bridgehead atoms. The highest BCUT2D eigenvalue weighted by molar-refractivity contribution is 5.94. The highest BCUT2D eigenvalue weighted by Crippen LogP contribution is 2.13. The molecule has 5 nitrogen and oxygen atoms in total. The SMILES string of the molecule is CCN(CC)CCNC(=O)c1ccc(OCCOc2ccccc2)cc1. The molecule has 140 valence electrons. The topological polar surface area (TPSA) is 50.8 Å². The maximum atomic E-state index is 12.1. The van der Waals surface area contributed by atoms with E-state index >= 15 is 0 Å². The summed E-state index contributed by atoms with van der Waals surface area (Å²) in [6.07, 6.45) is 0. The Hall–Kier alpha value is -2.53. The third kappa shape index (κ3) is 6.76. The van der Waals surface area contributed by atoms with Crippen molar-refractivity contribution in [3.8, 4) is 11.5 Å². The summed E-state index contributed by atoms with van der Waals surface area (Å²) in [6, 6.07) is 16.8. The van der Waals surface area contributed by atoms with Gasteiger partial charge in [0.1, 0.15) is 24.7 Å². The van der Waals surface area contributed by atoms with Crippen LogP contribution >= 0.6 is 0 Å². The number of hydrogen-bond acceptors (Lipinski definition) is 4. The number of hydrogen-bond donors (Lipinski definition) is 1. The second-order valence-electron chi connectivity index (χ2n) is 5.82. The van der Waals surface area contributed by atoms with Gasteiger partial charge in [-0.3, -0.25) is 4.79 Å². The molecular weight excluding hydrogens is 328 g/mol. The molecule has 1 N–H and O–H groups in total. The van der Waals surface area contributed by atoms with E-state index in [1.54, 1.807) is 12.1 Å². The van der Waals surface area contributed by atoms with Crippen molar-refractivity contribution in [3.05, 3.63) is 60.2 Å². The molecule has 1 amide bonds. The van der Waals surface area contributed by atoms with Gasteiger partial charge in [0.2, 0.25) is 0 Å². The van der Waals surface area contributed by atoms with Gasteiger partial charge in [-0.25, -0.2) is 0 Å². The Morgan fingerprint density at radius 2 is 1.46 bits per heavy atom. The van der Waals surface area contributed by atoms with Crippen LogP contribution in [0.3, 0.4) is 0 Å². The van der Waals surface area contributed by atoms with E-state index < -0.39 is 0 Å². The molecule has 2 aromatic rings. The fraction of sp³-hybridized carbons (Fsp3) is 0.381. The van der Waals surface area contributed by atoms with Gasteiger partial charge >= 0.3 is 0 Å². The molecular formula is C21H28N2O3. The van der Waals surface area contributed by atoms with Crippen LogP contribution in [0.5, 0.6) is 11.5 Å². The van der Waals surface area contributed by atoms with Crippen LogP contribution < -0.4 is 14.8 Å². The molecule has 0 atom stereocenters. The van der Waals surface area contributed by atoms with Crippen LogP contribution in [0.1, 0.15) is 24.2 Å². The first-order valence-corrected chi connectivity index (χ1v) is 9.14. The quantitative estimate of drug-likeness (QED) is 0.628. The summed E-state index contributed by atoms with van der Waals surface area (Å²) in [6.45, 7) is 8.65.